The fraction of sp³-hybridized carbons (Fsp3) is 0.222. The first kappa shape index (κ1) is 9.26. The van der Waals surface area contributed by atoms with E-state index in [1.807, 2.05) is 31.2 Å². The summed E-state index contributed by atoms with van der Waals surface area (Å²) in [5.74, 6) is 0. The molecule has 12 heavy (non-hydrogen) atoms. The van der Waals surface area contributed by atoms with Gasteiger partial charge >= 0.3 is 0 Å². The zero-order valence-corrected chi connectivity index (χ0v) is 8.48. The summed E-state index contributed by atoms with van der Waals surface area (Å²) in [5.41, 5.74) is 1.58. The number of nitrogens with one attached hydrogen (secondary N) is 2. The van der Waals surface area contributed by atoms with Crippen LogP contribution in [0.25, 0.3) is 0 Å². The Hall–Kier alpha value is -0.830. The Labute approximate surface area is 80.7 Å². The van der Waals surface area contributed by atoms with Gasteiger partial charge in [-0.3, -0.25) is 0 Å². The summed E-state index contributed by atoms with van der Waals surface area (Å²) >= 11 is 3.33. The molecule has 3 heteroatoms. The van der Waals surface area contributed by atoms with Crippen LogP contribution >= 0.6 is 15.9 Å². The summed E-state index contributed by atoms with van der Waals surface area (Å²) in [5, 5.41) is 10.5. The van der Waals surface area contributed by atoms with Crippen LogP contribution in [-0.2, 0) is 0 Å². The standard InChI is InChI=1S/C9H11BrN2/c1-2-7(11)6-8-4-3-5-9(10)12-8/h3-6,11-12H,2H2,1H3/b8-6-,11-7?. The van der Waals surface area contributed by atoms with Gasteiger partial charge in [0.1, 0.15) is 0 Å². The second-order valence-corrected chi connectivity index (χ2v) is 3.33. The molecule has 1 aliphatic rings. The van der Waals surface area contributed by atoms with Crippen LogP contribution < -0.4 is 5.32 Å². The highest BCUT2D eigenvalue weighted by molar-refractivity contribution is 9.11. The van der Waals surface area contributed by atoms with E-state index < -0.39 is 0 Å². The first-order valence-electron chi connectivity index (χ1n) is 3.82. The lowest BCUT2D eigenvalue weighted by Gasteiger charge is -2.09. The van der Waals surface area contributed by atoms with E-state index in [0.29, 0.717) is 5.71 Å². The summed E-state index contributed by atoms with van der Waals surface area (Å²) in [6.07, 6.45) is 8.39. The van der Waals surface area contributed by atoms with Gasteiger partial charge in [0.25, 0.3) is 0 Å². The Kier molecular flexibility index (Phi) is 3.29. The van der Waals surface area contributed by atoms with E-state index in [0.717, 1.165) is 16.7 Å². The summed E-state index contributed by atoms with van der Waals surface area (Å²) in [4.78, 5) is 0. The van der Waals surface area contributed by atoms with Gasteiger partial charge in [-0.1, -0.05) is 13.0 Å². The van der Waals surface area contributed by atoms with Gasteiger partial charge in [0, 0.05) is 11.4 Å². The molecule has 0 atom stereocenters. The molecule has 0 spiro atoms. The van der Waals surface area contributed by atoms with E-state index in [2.05, 4.69) is 21.2 Å². The largest absolute Gasteiger partial charge is 0.350 e. The monoisotopic (exact) mass is 226 g/mol. The van der Waals surface area contributed by atoms with Crippen molar-refractivity contribution in [1.29, 1.82) is 5.41 Å². The zero-order valence-electron chi connectivity index (χ0n) is 6.89. The molecule has 0 aromatic carbocycles. The van der Waals surface area contributed by atoms with E-state index in [-0.39, 0.29) is 0 Å². The molecular weight excluding hydrogens is 216 g/mol. The minimum Gasteiger partial charge on any atom is -0.350 e. The quantitative estimate of drug-likeness (QED) is 0.552. The van der Waals surface area contributed by atoms with E-state index >= 15 is 0 Å². The van der Waals surface area contributed by atoms with E-state index in [9.17, 15) is 0 Å². The van der Waals surface area contributed by atoms with Crippen LogP contribution in [0, 0.1) is 5.41 Å². The van der Waals surface area contributed by atoms with Crippen molar-refractivity contribution in [1.82, 2.24) is 5.32 Å². The molecule has 2 N–H and O–H groups in total. The van der Waals surface area contributed by atoms with Gasteiger partial charge in [-0.25, -0.2) is 0 Å². The predicted octanol–water partition coefficient (Wildman–Crippen LogP) is 2.70. The van der Waals surface area contributed by atoms with Crippen molar-refractivity contribution < 1.29 is 0 Å². The van der Waals surface area contributed by atoms with Gasteiger partial charge in [-0.2, -0.15) is 0 Å². The Morgan fingerprint density at radius 2 is 2.50 bits per heavy atom. The summed E-state index contributed by atoms with van der Waals surface area (Å²) < 4.78 is 0.931. The average molecular weight is 227 g/mol. The maximum absolute atomic E-state index is 7.45. The second kappa shape index (κ2) is 4.26. The number of rotatable bonds is 2. The summed E-state index contributed by atoms with van der Waals surface area (Å²) in [7, 11) is 0. The lowest BCUT2D eigenvalue weighted by Crippen LogP contribution is -2.10. The van der Waals surface area contributed by atoms with Crippen molar-refractivity contribution in [2.75, 3.05) is 0 Å². The molecule has 0 unspecified atom stereocenters. The van der Waals surface area contributed by atoms with Crippen molar-refractivity contribution in [3.8, 4) is 0 Å². The molecule has 1 aliphatic heterocycles. The molecule has 1 heterocycles. The van der Waals surface area contributed by atoms with Gasteiger partial charge in [-0.05, 0) is 40.6 Å². The fourth-order valence-corrected chi connectivity index (χ4v) is 1.21. The van der Waals surface area contributed by atoms with Crippen molar-refractivity contribution in [3.63, 3.8) is 0 Å². The molecule has 0 radical (unpaired) electrons. The van der Waals surface area contributed by atoms with Crippen LogP contribution in [0.2, 0.25) is 0 Å². The first-order chi connectivity index (χ1) is 5.72. The molecule has 2 nitrogen and oxygen atoms in total. The normalized spacial score (nSPS) is 18.8. The minimum absolute atomic E-state index is 0.629. The van der Waals surface area contributed by atoms with Crippen molar-refractivity contribution >= 4 is 21.6 Å². The van der Waals surface area contributed by atoms with Crippen LogP contribution in [0.3, 0.4) is 0 Å². The molecule has 0 fully saturated rings. The van der Waals surface area contributed by atoms with Crippen molar-refractivity contribution in [2.24, 2.45) is 0 Å². The van der Waals surface area contributed by atoms with E-state index in [1.165, 1.54) is 0 Å². The highest BCUT2D eigenvalue weighted by Gasteiger charge is 1.99. The Morgan fingerprint density at radius 3 is 3.08 bits per heavy atom. The molecule has 0 aromatic rings. The second-order valence-electron chi connectivity index (χ2n) is 2.48. The molecule has 0 aromatic heterocycles. The van der Waals surface area contributed by atoms with Crippen molar-refractivity contribution in [2.45, 2.75) is 13.3 Å². The Morgan fingerprint density at radius 1 is 1.75 bits per heavy atom. The first-order valence-corrected chi connectivity index (χ1v) is 4.61. The van der Waals surface area contributed by atoms with E-state index in [1.54, 1.807) is 0 Å². The van der Waals surface area contributed by atoms with Gasteiger partial charge in [-0.15, -0.1) is 0 Å². The molecule has 0 saturated heterocycles. The topological polar surface area (TPSA) is 35.9 Å². The number of hydrogen-bond acceptors (Lipinski definition) is 2. The van der Waals surface area contributed by atoms with Crippen LogP contribution in [0.5, 0.6) is 0 Å². The van der Waals surface area contributed by atoms with Crippen LogP contribution in [-0.4, -0.2) is 5.71 Å². The lowest BCUT2D eigenvalue weighted by molar-refractivity contribution is 1.08. The number of dihydropyridines is 1. The van der Waals surface area contributed by atoms with Crippen LogP contribution in [0.15, 0.2) is 34.6 Å². The summed E-state index contributed by atoms with van der Waals surface area (Å²) in [6.45, 7) is 1.97. The lowest BCUT2D eigenvalue weighted by atomic mass is 10.2. The third kappa shape index (κ3) is 2.66. The molecule has 0 amide bonds. The molecule has 0 aliphatic carbocycles. The SMILES string of the molecule is CCC(=N)/C=C1/C=CC=C(Br)N1. The number of hydrogen-bond donors (Lipinski definition) is 2. The van der Waals surface area contributed by atoms with Crippen molar-refractivity contribution in [3.05, 3.63) is 34.6 Å². The zero-order chi connectivity index (χ0) is 8.97. The maximum Gasteiger partial charge on any atom is 0.0824 e. The smallest absolute Gasteiger partial charge is 0.0824 e. The number of halogens is 1. The average Bonchev–Trinajstić information content (AvgIpc) is 2.04. The van der Waals surface area contributed by atoms with E-state index in [4.69, 9.17) is 5.41 Å². The third-order valence-electron chi connectivity index (χ3n) is 1.49. The van der Waals surface area contributed by atoms with Crippen LogP contribution in [0.1, 0.15) is 13.3 Å². The molecule has 1 rings (SSSR count). The molecule has 0 saturated carbocycles. The van der Waals surface area contributed by atoms with Gasteiger partial charge in [0.05, 0.1) is 4.61 Å². The Bertz CT molecular complexity index is 274. The highest BCUT2D eigenvalue weighted by atomic mass is 79.9. The number of allylic oxidation sites excluding steroid dienone is 4. The molecule has 0 bridgehead atoms. The molecule has 64 valence electrons. The fourth-order valence-electron chi connectivity index (χ4n) is 0.831. The third-order valence-corrected chi connectivity index (χ3v) is 1.96. The summed E-state index contributed by atoms with van der Waals surface area (Å²) in [6, 6.07) is 0. The maximum atomic E-state index is 7.45. The molecular formula is C9H11BrN2. The van der Waals surface area contributed by atoms with Gasteiger partial charge in [0.2, 0.25) is 0 Å². The van der Waals surface area contributed by atoms with Gasteiger partial charge < -0.3 is 10.7 Å². The van der Waals surface area contributed by atoms with Crippen LogP contribution in [0.4, 0.5) is 0 Å². The Balaban J connectivity index is 2.67. The minimum atomic E-state index is 0.629. The highest BCUT2D eigenvalue weighted by Crippen LogP contribution is 2.10. The van der Waals surface area contributed by atoms with Gasteiger partial charge in [0.15, 0.2) is 0 Å². The predicted molar refractivity (Wildman–Crippen MR) is 55.4 cm³/mol.